The lowest BCUT2D eigenvalue weighted by atomic mass is 10.1. The topological polar surface area (TPSA) is 59.5 Å². The van der Waals surface area contributed by atoms with Crippen molar-refractivity contribution >= 4 is 16.9 Å². The third-order valence-electron chi connectivity index (χ3n) is 3.18. The molecule has 0 aromatic carbocycles. The van der Waals surface area contributed by atoms with E-state index in [0.29, 0.717) is 18.1 Å². The number of piperidine rings is 1. The number of carbonyl (C=O) groups is 1. The van der Waals surface area contributed by atoms with Gasteiger partial charge in [-0.3, -0.25) is 4.21 Å². The number of nitrogens with zero attached hydrogens (tertiary/aromatic N) is 2. The van der Waals surface area contributed by atoms with Crippen LogP contribution in [-0.2, 0) is 15.5 Å². The molecule has 2 atom stereocenters. The van der Waals surface area contributed by atoms with Crippen LogP contribution in [0.2, 0.25) is 0 Å². The Bertz CT molecular complexity index is 513. The number of hydrogen-bond acceptors (Lipinski definition) is 4. The van der Waals surface area contributed by atoms with Crippen molar-refractivity contribution in [3.05, 3.63) is 24.4 Å². The second kappa shape index (κ2) is 6.56. The fourth-order valence-electron chi connectivity index (χ4n) is 2.24. The van der Waals surface area contributed by atoms with E-state index in [1.54, 1.807) is 23.2 Å². The van der Waals surface area contributed by atoms with Gasteiger partial charge in [0.25, 0.3) is 0 Å². The molecule has 1 saturated heterocycles. The maximum Gasteiger partial charge on any atom is 0.410 e. The monoisotopic (exact) mass is 310 g/mol. The Balaban J connectivity index is 2.01. The first-order chi connectivity index (χ1) is 9.87. The number of rotatable bonds is 2. The van der Waals surface area contributed by atoms with E-state index in [1.165, 1.54) is 0 Å². The Kier molecular flexibility index (Phi) is 4.98. The van der Waals surface area contributed by atoms with Gasteiger partial charge in [0.05, 0.1) is 16.0 Å². The van der Waals surface area contributed by atoms with Gasteiger partial charge in [0, 0.05) is 19.3 Å². The average molecular weight is 310 g/mol. The van der Waals surface area contributed by atoms with Gasteiger partial charge in [0.15, 0.2) is 0 Å². The lowest BCUT2D eigenvalue weighted by molar-refractivity contribution is 0.0219. The quantitative estimate of drug-likeness (QED) is 0.842. The van der Waals surface area contributed by atoms with E-state index < -0.39 is 16.4 Å². The van der Waals surface area contributed by atoms with E-state index in [-0.39, 0.29) is 11.3 Å². The SMILES string of the molecule is CC(C)(C)OC(=O)N1CCCC(S(=O)c2ccccn2)C1. The van der Waals surface area contributed by atoms with Crippen LogP contribution in [0.1, 0.15) is 33.6 Å². The Morgan fingerprint density at radius 1 is 1.43 bits per heavy atom. The molecule has 2 heterocycles. The first kappa shape index (κ1) is 15.9. The van der Waals surface area contributed by atoms with Crippen molar-refractivity contribution in [1.82, 2.24) is 9.88 Å². The number of likely N-dealkylation sites (tertiary alicyclic amines) is 1. The molecule has 5 nitrogen and oxygen atoms in total. The summed E-state index contributed by atoms with van der Waals surface area (Å²) in [6, 6.07) is 5.39. The summed E-state index contributed by atoms with van der Waals surface area (Å²) in [5, 5.41) is 0.495. The van der Waals surface area contributed by atoms with Gasteiger partial charge in [-0.1, -0.05) is 6.07 Å². The van der Waals surface area contributed by atoms with Crippen molar-refractivity contribution in [1.29, 1.82) is 0 Å². The number of amides is 1. The Hall–Kier alpha value is -1.43. The zero-order chi connectivity index (χ0) is 15.5. The molecule has 1 aromatic heterocycles. The van der Waals surface area contributed by atoms with Crippen LogP contribution in [0.25, 0.3) is 0 Å². The Labute approximate surface area is 128 Å². The van der Waals surface area contributed by atoms with Gasteiger partial charge >= 0.3 is 6.09 Å². The first-order valence-corrected chi connectivity index (χ1v) is 8.37. The zero-order valence-corrected chi connectivity index (χ0v) is 13.6. The molecule has 116 valence electrons. The van der Waals surface area contributed by atoms with Crippen LogP contribution < -0.4 is 0 Å². The summed E-state index contributed by atoms with van der Waals surface area (Å²) in [5.41, 5.74) is -0.510. The van der Waals surface area contributed by atoms with Gasteiger partial charge in [-0.2, -0.15) is 0 Å². The van der Waals surface area contributed by atoms with Crippen molar-refractivity contribution in [2.75, 3.05) is 13.1 Å². The molecule has 0 radical (unpaired) electrons. The molecule has 0 N–H and O–H groups in total. The molecular weight excluding hydrogens is 288 g/mol. The van der Waals surface area contributed by atoms with E-state index in [9.17, 15) is 9.00 Å². The first-order valence-electron chi connectivity index (χ1n) is 7.16. The van der Waals surface area contributed by atoms with Gasteiger partial charge in [0.2, 0.25) is 0 Å². The lowest BCUT2D eigenvalue weighted by Gasteiger charge is -2.33. The molecular formula is C15H22N2O3S. The fourth-order valence-corrected chi connectivity index (χ4v) is 3.66. The van der Waals surface area contributed by atoms with Crippen LogP contribution in [0.4, 0.5) is 4.79 Å². The normalized spacial score (nSPS) is 20.9. The van der Waals surface area contributed by atoms with Gasteiger partial charge < -0.3 is 9.64 Å². The number of ether oxygens (including phenoxy) is 1. The number of pyridine rings is 1. The third kappa shape index (κ3) is 4.52. The standard InChI is InChI=1S/C15H22N2O3S/c1-15(2,3)20-14(18)17-10-6-7-12(11-17)21(19)13-8-4-5-9-16-13/h4-5,8-9,12H,6-7,10-11H2,1-3H3. The van der Waals surface area contributed by atoms with Crippen LogP contribution in [0.3, 0.4) is 0 Å². The van der Waals surface area contributed by atoms with E-state index in [2.05, 4.69) is 4.98 Å². The molecule has 6 heteroatoms. The highest BCUT2D eigenvalue weighted by molar-refractivity contribution is 7.85. The highest BCUT2D eigenvalue weighted by atomic mass is 32.2. The zero-order valence-electron chi connectivity index (χ0n) is 12.7. The highest BCUT2D eigenvalue weighted by Gasteiger charge is 2.31. The van der Waals surface area contributed by atoms with Crippen LogP contribution in [0, 0.1) is 0 Å². The summed E-state index contributed by atoms with van der Waals surface area (Å²) in [4.78, 5) is 17.9. The van der Waals surface area contributed by atoms with E-state index in [1.807, 2.05) is 26.8 Å². The van der Waals surface area contributed by atoms with Crippen molar-refractivity contribution in [2.24, 2.45) is 0 Å². The van der Waals surface area contributed by atoms with E-state index >= 15 is 0 Å². The maximum atomic E-state index is 12.5. The molecule has 21 heavy (non-hydrogen) atoms. The summed E-state index contributed by atoms with van der Waals surface area (Å²) < 4.78 is 17.9. The summed E-state index contributed by atoms with van der Waals surface area (Å²) >= 11 is 0. The van der Waals surface area contributed by atoms with Crippen molar-refractivity contribution < 1.29 is 13.7 Å². The molecule has 0 aliphatic carbocycles. The third-order valence-corrected chi connectivity index (χ3v) is 4.82. The summed E-state index contributed by atoms with van der Waals surface area (Å²) in [7, 11) is -1.19. The van der Waals surface area contributed by atoms with Crippen LogP contribution in [0.15, 0.2) is 29.4 Å². The van der Waals surface area contributed by atoms with E-state index in [4.69, 9.17) is 4.74 Å². The summed E-state index contributed by atoms with van der Waals surface area (Å²) in [5.74, 6) is 0. The molecule has 0 bridgehead atoms. The molecule has 1 amide bonds. The second-order valence-electron chi connectivity index (χ2n) is 6.16. The predicted molar refractivity (Wildman–Crippen MR) is 81.5 cm³/mol. The highest BCUT2D eigenvalue weighted by Crippen LogP contribution is 2.21. The predicted octanol–water partition coefficient (Wildman–Crippen LogP) is 2.59. The van der Waals surface area contributed by atoms with Crippen LogP contribution >= 0.6 is 0 Å². The number of hydrogen-bond donors (Lipinski definition) is 0. The maximum absolute atomic E-state index is 12.5. The van der Waals surface area contributed by atoms with Crippen molar-refractivity contribution in [3.8, 4) is 0 Å². The molecule has 1 aliphatic rings. The minimum atomic E-state index is -1.19. The lowest BCUT2D eigenvalue weighted by Crippen LogP contribution is -2.45. The molecule has 1 aromatic rings. The van der Waals surface area contributed by atoms with Gasteiger partial charge in [0.1, 0.15) is 10.6 Å². The second-order valence-corrected chi connectivity index (χ2v) is 7.84. The number of carbonyl (C=O) groups excluding carboxylic acids is 1. The smallest absolute Gasteiger partial charge is 0.410 e. The van der Waals surface area contributed by atoms with Gasteiger partial charge in [-0.15, -0.1) is 0 Å². The van der Waals surface area contributed by atoms with Crippen molar-refractivity contribution in [2.45, 2.75) is 49.5 Å². The van der Waals surface area contributed by atoms with Gasteiger partial charge in [-0.25, -0.2) is 9.78 Å². The summed E-state index contributed by atoms with van der Waals surface area (Å²) in [6.45, 7) is 6.65. The van der Waals surface area contributed by atoms with Crippen molar-refractivity contribution in [3.63, 3.8) is 0 Å². The fraction of sp³-hybridized carbons (Fsp3) is 0.600. The molecule has 1 fully saturated rings. The molecule has 1 aliphatic heterocycles. The Morgan fingerprint density at radius 3 is 2.81 bits per heavy atom. The Morgan fingerprint density at radius 2 is 2.19 bits per heavy atom. The molecule has 0 spiro atoms. The minimum Gasteiger partial charge on any atom is -0.444 e. The largest absolute Gasteiger partial charge is 0.444 e. The van der Waals surface area contributed by atoms with Crippen LogP contribution in [-0.4, -0.2) is 44.1 Å². The molecule has 0 saturated carbocycles. The molecule has 2 unspecified atom stereocenters. The van der Waals surface area contributed by atoms with Gasteiger partial charge in [-0.05, 0) is 45.7 Å². The number of aromatic nitrogens is 1. The molecule has 2 rings (SSSR count). The van der Waals surface area contributed by atoms with E-state index in [0.717, 1.165) is 12.8 Å². The van der Waals surface area contributed by atoms with Crippen LogP contribution in [0.5, 0.6) is 0 Å². The summed E-state index contributed by atoms with van der Waals surface area (Å²) in [6.07, 6.45) is 2.98. The minimum absolute atomic E-state index is 0.0823. The average Bonchev–Trinajstić information content (AvgIpc) is 2.46.